The van der Waals surface area contributed by atoms with Crippen molar-refractivity contribution in [3.63, 3.8) is 0 Å². The Kier molecular flexibility index (Phi) is 6.39. The van der Waals surface area contributed by atoms with Gasteiger partial charge in [-0.05, 0) is 19.9 Å². The van der Waals surface area contributed by atoms with Gasteiger partial charge in [-0.15, -0.1) is 0 Å². The number of halogens is 1. The van der Waals surface area contributed by atoms with E-state index >= 15 is 0 Å². The summed E-state index contributed by atoms with van der Waals surface area (Å²) in [5, 5.41) is 8.13. The average molecular weight is 221 g/mol. The highest BCUT2D eigenvalue weighted by atomic mass is 31.2. The lowest BCUT2D eigenvalue weighted by Gasteiger charge is -2.14. The van der Waals surface area contributed by atoms with E-state index in [0.29, 0.717) is 0 Å². The Morgan fingerprint density at radius 3 is 2.36 bits per heavy atom. The van der Waals surface area contributed by atoms with Crippen molar-refractivity contribution in [1.29, 1.82) is 5.26 Å². The fraction of sp³-hybridized carbons (Fsp3) is 0.625. The number of hydrogen-bond donors (Lipinski definition) is 0. The summed E-state index contributed by atoms with van der Waals surface area (Å²) in [5.74, 6) is -0.982. The van der Waals surface area contributed by atoms with Crippen LogP contribution in [0.1, 0.15) is 13.8 Å². The second-order valence-electron chi connectivity index (χ2n) is 2.29. The minimum Gasteiger partial charge on any atom is -0.309 e. The van der Waals surface area contributed by atoms with Crippen LogP contribution in [-0.2, 0) is 13.6 Å². The summed E-state index contributed by atoms with van der Waals surface area (Å²) in [6.45, 7) is 3.77. The first-order valence-corrected chi connectivity index (χ1v) is 5.94. The van der Waals surface area contributed by atoms with Gasteiger partial charge in [0.1, 0.15) is 6.07 Å². The van der Waals surface area contributed by atoms with Crippen LogP contribution in [0.3, 0.4) is 0 Å². The van der Waals surface area contributed by atoms with Crippen LogP contribution in [0.15, 0.2) is 11.9 Å². The molecule has 6 heteroatoms. The van der Waals surface area contributed by atoms with Crippen LogP contribution in [-0.4, -0.2) is 19.4 Å². The quantitative estimate of drug-likeness (QED) is 0.511. The Balaban J connectivity index is 4.39. The van der Waals surface area contributed by atoms with Gasteiger partial charge in [-0.3, -0.25) is 4.57 Å². The molecule has 0 bridgehead atoms. The first kappa shape index (κ1) is 13.3. The second kappa shape index (κ2) is 6.72. The summed E-state index contributed by atoms with van der Waals surface area (Å²) in [7, 11) is -3.25. The van der Waals surface area contributed by atoms with Crippen LogP contribution in [0.4, 0.5) is 4.39 Å². The van der Waals surface area contributed by atoms with Crippen molar-refractivity contribution in [2.45, 2.75) is 13.8 Å². The fourth-order valence-corrected chi connectivity index (χ4v) is 2.23. The minimum absolute atomic E-state index is 0.214. The number of hydrogen-bond acceptors (Lipinski definition) is 4. The molecule has 0 amide bonds. The molecule has 0 aromatic carbocycles. The Morgan fingerprint density at radius 1 is 1.50 bits per heavy atom. The van der Waals surface area contributed by atoms with Crippen molar-refractivity contribution in [2.75, 3.05) is 19.4 Å². The van der Waals surface area contributed by atoms with E-state index < -0.39 is 13.4 Å². The summed E-state index contributed by atoms with van der Waals surface area (Å²) in [6, 6.07) is 1.28. The Morgan fingerprint density at radius 2 is 2.00 bits per heavy atom. The molecule has 0 rings (SSSR count). The maximum atomic E-state index is 12.4. The third kappa shape index (κ3) is 5.13. The summed E-state index contributed by atoms with van der Waals surface area (Å²) in [5.41, 5.74) is 0. The van der Waals surface area contributed by atoms with Gasteiger partial charge in [0.25, 0.3) is 0 Å². The summed E-state index contributed by atoms with van der Waals surface area (Å²) in [6.07, 6.45) is 0.695. The molecule has 0 spiro atoms. The lowest BCUT2D eigenvalue weighted by atomic mass is 10.5. The first-order chi connectivity index (χ1) is 6.58. The van der Waals surface area contributed by atoms with Gasteiger partial charge in [0.2, 0.25) is 0 Å². The topological polar surface area (TPSA) is 59.3 Å². The second-order valence-corrected chi connectivity index (χ2v) is 4.40. The van der Waals surface area contributed by atoms with Crippen LogP contribution in [0.2, 0.25) is 0 Å². The van der Waals surface area contributed by atoms with Crippen LogP contribution in [0, 0.1) is 11.3 Å². The first-order valence-electron chi connectivity index (χ1n) is 4.22. The van der Waals surface area contributed by atoms with E-state index in [2.05, 4.69) is 0 Å². The van der Waals surface area contributed by atoms with Crippen LogP contribution in [0.25, 0.3) is 0 Å². The van der Waals surface area contributed by atoms with E-state index in [1.165, 1.54) is 6.07 Å². The van der Waals surface area contributed by atoms with Gasteiger partial charge in [0, 0.05) is 0 Å². The number of nitriles is 1. The van der Waals surface area contributed by atoms with Gasteiger partial charge in [-0.1, -0.05) is 0 Å². The zero-order valence-corrected chi connectivity index (χ0v) is 9.09. The molecule has 0 N–H and O–H groups in total. The van der Waals surface area contributed by atoms with E-state index in [1.807, 2.05) is 0 Å². The molecule has 14 heavy (non-hydrogen) atoms. The van der Waals surface area contributed by atoms with Gasteiger partial charge in [0.15, 0.2) is 5.83 Å². The molecule has 0 atom stereocenters. The van der Waals surface area contributed by atoms with E-state index in [0.717, 1.165) is 6.08 Å². The smallest absolute Gasteiger partial charge is 0.309 e. The third-order valence-electron chi connectivity index (χ3n) is 1.25. The lowest BCUT2D eigenvalue weighted by Crippen LogP contribution is -1.98. The SMILES string of the molecule is CCOP(=O)(C/C=C(\F)C#N)OCC. The molecule has 0 aliphatic carbocycles. The fourth-order valence-electron chi connectivity index (χ4n) is 0.774. The maximum absolute atomic E-state index is 12.4. The zero-order valence-electron chi connectivity index (χ0n) is 8.20. The number of nitrogens with zero attached hydrogens (tertiary/aromatic N) is 1. The highest BCUT2D eigenvalue weighted by Crippen LogP contribution is 2.48. The molecule has 0 radical (unpaired) electrons. The highest BCUT2D eigenvalue weighted by Gasteiger charge is 2.21. The molecule has 0 aliphatic rings. The summed E-state index contributed by atoms with van der Waals surface area (Å²) >= 11 is 0. The predicted molar refractivity (Wildman–Crippen MR) is 50.5 cm³/mol. The Hall–Kier alpha value is -0.690. The molecule has 0 fully saturated rings. The van der Waals surface area contributed by atoms with Crippen molar-refractivity contribution in [1.82, 2.24) is 0 Å². The van der Waals surface area contributed by atoms with Crippen molar-refractivity contribution in [3.8, 4) is 6.07 Å². The molecule has 0 saturated heterocycles. The van der Waals surface area contributed by atoms with Gasteiger partial charge in [0.05, 0.1) is 19.4 Å². The average Bonchev–Trinajstić information content (AvgIpc) is 2.15. The Labute approximate surface area is 82.9 Å². The van der Waals surface area contributed by atoms with Gasteiger partial charge >= 0.3 is 7.60 Å². The third-order valence-corrected chi connectivity index (χ3v) is 3.19. The highest BCUT2D eigenvalue weighted by molar-refractivity contribution is 7.54. The van der Waals surface area contributed by atoms with E-state index in [9.17, 15) is 8.96 Å². The van der Waals surface area contributed by atoms with E-state index in [1.54, 1.807) is 13.8 Å². The minimum atomic E-state index is -3.25. The normalized spacial score (nSPS) is 12.6. The number of rotatable bonds is 6. The zero-order chi connectivity index (χ0) is 11.0. The van der Waals surface area contributed by atoms with Gasteiger partial charge in [-0.2, -0.15) is 9.65 Å². The summed E-state index contributed by atoms with van der Waals surface area (Å²) < 4.78 is 33.8. The maximum Gasteiger partial charge on any atom is 0.334 e. The lowest BCUT2D eigenvalue weighted by molar-refractivity contribution is 0.222. The predicted octanol–water partition coefficient (Wildman–Crippen LogP) is 2.63. The van der Waals surface area contributed by atoms with Crippen LogP contribution < -0.4 is 0 Å². The molecule has 0 heterocycles. The molecule has 0 unspecified atom stereocenters. The molecule has 0 aliphatic heterocycles. The van der Waals surface area contributed by atoms with Crippen molar-refractivity contribution >= 4 is 7.60 Å². The van der Waals surface area contributed by atoms with E-state index in [-0.39, 0.29) is 19.4 Å². The molecule has 0 aromatic rings. The van der Waals surface area contributed by atoms with Gasteiger partial charge in [-0.25, -0.2) is 0 Å². The monoisotopic (exact) mass is 221 g/mol. The van der Waals surface area contributed by atoms with Gasteiger partial charge < -0.3 is 9.05 Å². The Bertz CT molecular complexity index is 275. The molecule has 80 valence electrons. The number of allylic oxidation sites excluding steroid dienone is 2. The molecule has 0 saturated carbocycles. The van der Waals surface area contributed by atoms with E-state index in [4.69, 9.17) is 14.3 Å². The van der Waals surface area contributed by atoms with Crippen molar-refractivity contribution in [3.05, 3.63) is 11.9 Å². The summed E-state index contributed by atoms with van der Waals surface area (Å²) in [4.78, 5) is 0. The molecular weight excluding hydrogens is 208 g/mol. The van der Waals surface area contributed by atoms with Crippen molar-refractivity contribution < 1.29 is 18.0 Å². The molecule has 4 nitrogen and oxygen atoms in total. The standard InChI is InChI=1S/C8H13FNO3P/c1-3-12-14(11,13-4-2)6-5-8(9)7-10/h5H,3-4,6H2,1-2H3/b8-5-. The molecular formula is C8H13FNO3P. The van der Waals surface area contributed by atoms with Crippen molar-refractivity contribution in [2.24, 2.45) is 0 Å². The largest absolute Gasteiger partial charge is 0.334 e. The molecule has 0 aromatic heterocycles. The van der Waals surface area contributed by atoms with Crippen LogP contribution in [0.5, 0.6) is 0 Å². The van der Waals surface area contributed by atoms with Crippen LogP contribution >= 0.6 is 7.60 Å².